The molecular formula is C12H9O4-. The number of carboxylic acids is 1. The largest absolute Gasteiger partial charge is 0.545 e. The SMILES string of the molecule is C#CCc1cccc(C(=O)[O-])c1OC(C)=O. The second-order valence-corrected chi connectivity index (χ2v) is 3.06. The van der Waals surface area contributed by atoms with Crippen LogP contribution in [-0.4, -0.2) is 11.9 Å². The van der Waals surface area contributed by atoms with Crippen LogP contribution in [0.15, 0.2) is 18.2 Å². The first-order chi connectivity index (χ1) is 7.56. The summed E-state index contributed by atoms with van der Waals surface area (Å²) in [7, 11) is 0. The molecule has 0 aromatic heterocycles. The lowest BCUT2D eigenvalue weighted by Gasteiger charge is -2.12. The van der Waals surface area contributed by atoms with Crippen LogP contribution in [0.1, 0.15) is 22.8 Å². The minimum Gasteiger partial charge on any atom is -0.545 e. The van der Waals surface area contributed by atoms with E-state index < -0.39 is 11.9 Å². The second kappa shape index (κ2) is 4.99. The Morgan fingerprint density at radius 2 is 2.19 bits per heavy atom. The van der Waals surface area contributed by atoms with E-state index in [1.165, 1.54) is 19.1 Å². The minimum absolute atomic E-state index is 0.0343. The van der Waals surface area contributed by atoms with Crippen molar-refractivity contribution in [3.63, 3.8) is 0 Å². The minimum atomic E-state index is -1.41. The van der Waals surface area contributed by atoms with Crippen LogP contribution in [-0.2, 0) is 11.2 Å². The number of aromatic carboxylic acids is 1. The van der Waals surface area contributed by atoms with Crippen molar-refractivity contribution in [3.8, 4) is 18.1 Å². The smallest absolute Gasteiger partial charge is 0.308 e. The number of carboxylic acid groups (broad SMARTS) is 1. The molecule has 1 aromatic rings. The molecule has 0 spiro atoms. The first-order valence-electron chi connectivity index (χ1n) is 4.51. The van der Waals surface area contributed by atoms with E-state index >= 15 is 0 Å². The highest BCUT2D eigenvalue weighted by atomic mass is 16.5. The first kappa shape index (κ1) is 11.8. The number of carbonyl (C=O) groups is 2. The Balaban J connectivity index is 3.29. The van der Waals surface area contributed by atoms with E-state index in [9.17, 15) is 14.7 Å². The molecule has 0 saturated heterocycles. The van der Waals surface area contributed by atoms with Crippen LogP contribution in [0.4, 0.5) is 0 Å². The normalized spacial score (nSPS) is 9.25. The van der Waals surface area contributed by atoms with E-state index in [1.54, 1.807) is 6.07 Å². The molecule has 1 aromatic carbocycles. The van der Waals surface area contributed by atoms with Gasteiger partial charge in [-0.05, 0) is 6.07 Å². The molecule has 0 N–H and O–H groups in total. The van der Waals surface area contributed by atoms with Gasteiger partial charge in [-0.25, -0.2) is 0 Å². The molecule has 0 radical (unpaired) electrons. The second-order valence-electron chi connectivity index (χ2n) is 3.06. The summed E-state index contributed by atoms with van der Waals surface area (Å²) >= 11 is 0. The van der Waals surface area contributed by atoms with Crippen LogP contribution in [0.25, 0.3) is 0 Å². The van der Waals surface area contributed by atoms with Crippen molar-refractivity contribution in [1.29, 1.82) is 0 Å². The number of ether oxygens (including phenoxy) is 1. The van der Waals surface area contributed by atoms with Gasteiger partial charge in [-0.1, -0.05) is 12.1 Å². The average Bonchev–Trinajstić information content (AvgIpc) is 2.19. The van der Waals surface area contributed by atoms with E-state index in [-0.39, 0.29) is 17.7 Å². The van der Waals surface area contributed by atoms with Gasteiger partial charge in [0.1, 0.15) is 5.75 Å². The number of hydrogen-bond acceptors (Lipinski definition) is 4. The van der Waals surface area contributed by atoms with Gasteiger partial charge in [-0.15, -0.1) is 12.3 Å². The predicted octanol–water partition coefficient (Wildman–Crippen LogP) is 0.151. The molecule has 1 rings (SSSR count). The third-order valence-electron chi connectivity index (χ3n) is 1.85. The van der Waals surface area contributed by atoms with Crippen LogP contribution in [0, 0.1) is 12.3 Å². The van der Waals surface area contributed by atoms with Gasteiger partial charge >= 0.3 is 5.97 Å². The van der Waals surface area contributed by atoms with E-state index in [0.29, 0.717) is 5.56 Å². The van der Waals surface area contributed by atoms with E-state index in [0.717, 1.165) is 0 Å². The Labute approximate surface area is 92.9 Å². The number of para-hydroxylation sites is 1. The fourth-order valence-corrected chi connectivity index (χ4v) is 1.26. The lowest BCUT2D eigenvalue weighted by molar-refractivity contribution is -0.255. The molecule has 0 unspecified atom stereocenters. The fraction of sp³-hybridized carbons (Fsp3) is 0.167. The molecule has 0 amide bonds. The molecule has 0 atom stereocenters. The van der Waals surface area contributed by atoms with Crippen molar-refractivity contribution in [2.75, 3.05) is 0 Å². The molecule has 4 heteroatoms. The van der Waals surface area contributed by atoms with E-state index in [1.807, 2.05) is 0 Å². The molecule has 0 fully saturated rings. The maximum Gasteiger partial charge on any atom is 0.308 e. The van der Waals surface area contributed by atoms with Crippen LogP contribution in [0.3, 0.4) is 0 Å². The Hall–Kier alpha value is -2.28. The summed E-state index contributed by atoms with van der Waals surface area (Å²) in [6.07, 6.45) is 5.32. The zero-order valence-electron chi connectivity index (χ0n) is 8.65. The predicted molar refractivity (Wildman–Crippen MR) is 54.6 cm³/mol. The topological polar surface area (TPSA) is 66.4 Å². The van der Waals surface area contributed by atoms with Gasteiger partial charge in [-0.3, -0.25) is 4.79 Å². The Morgan fingerprint density at radius 1 is 1.50 bits per heavy atom. The van der Waals surface area contributed by atoms with Crippen molar-refractivity contribution >= 4 is 11.9 Å². The first-order valence-corrected chi connectivity index (χ1v) is 4.51. The Kier molecular flexibility index (Phi) is 3.67. The summed E-state index contributed by atoms with van der Waals surface area (Å²) in [6, 6.07) is 4.42. The number of carbonyl (C=O) groups excluding carboxylic acids is 2. The van der Waals surface area contributed by atoms with Gasteiger partial charge in [0.2, 0.25) is 0 Å². The zero-order chi connectivity index (χ0) is 12.1. The summed E-state index contributed by atoms with van der Waals surface area (Å²) in [5.41, 5.74) is 0.294. The van der Waals surface area contributed by atoms with Crippen LogP contribution < -0.4 is 9.84 Å². The highest BCUT2D eigenvalue weighted by Gasteiger charge is 2.11. The maximum atomic E-state index is 10.9. The van der Waals surface area contributed by atoms with Gasteiger partial charge in [0, 0.05) is 24.5 Å². The van der Waals surface area contributed by atoms with E-state index in [2.05, 4.69) is 5.92 Å². The number of terminal acetylenes is 1. The molecule has 0 heterocycles. The fourth-order valence-electron chi connectivity index (χ4n) is 1.26. The molecule has 0 saturated carbocycles. The van der Waals surface area contributed by atoms with Gasteiger partial charge < -0.3 is 14.6 Å². The van der Waals surface area contributed by atoms with Crippen molar-refractivity contribution in [2.24, 2.45) is 0 Å². The Bertz CT molecular complexity index is 468. The van der Waals surface area contributed by atoms with Gasteiger partial charge in [-0.2, -0.15) is 0 Å². The van der Waals surface area contributed by atoms with Crippen molar-refractivity contribution < 1.29 is 19.4 Å². The molecule has 0 aliphatic rings. The van der Waals surface area contributed by atoms with Gasteiger partial charge in [0.15, 0.2) is 0 Å². The summed E-state index contributed by atoms with van der Waals surface area (Å²) in [5.74, 6) is 0.313. The molecule has 82 valence electrons. The molecule has 0 aliphatic heterocycles. The van der Waals surface area contributed by atoms with Crippen LogP contribution >= 0.6 is 0 Å². The van der Waals surface area contributed by atoms with Crippen molar-refractivity contribution in [3.05, 3.63) is 29.3 Å². The standard InChI is InChI=1S/C12H10O4/c1-3-5-9-6-4-7-10(12(14)15)11(9)16-8(2)13/h1,4,6-7H,5H2,2H3,(H,14,15)/p-1. The average molecular weight is 217 g/mol. The number of benzene rings is 1. The zero-order valence-corrected chi connectivity index (χ0v) is 8.65. The number of hydrogen-bond donors (Lipinski definition) is 0. The highest BCUT2D eigenvalue weighted by Crippen LogP contribution is 2.24. The van der Waals surface area contributed by atoms with Gasteiger partial charge in [0.05, 0.1) is 5.97 Å². The lowest BCUT2D eigenvalue weighted by Crippen LogP contribution is -2.24. The molecule has 16 heavy (non-hydrogen) atoms. The third-order valence-corrected chi connectivity index (χ3v) is 1.85. The molecule has 4 nitrogen and oxygen atoms in total. The summed E-state index contributed by atoms with van der Waals surface area (Å²) in [6.45, 7) is 1.19. The van der Waals surface area contributed by atoms with Crippen LogP contribution in [0.2, 0.25) is 0 Å². The molecular weight excluding hydrogens is 208 g/mol. The highest BCUT2D eigenvalue weighted by molar-refractivity contribution is 5.91. The summed E-state index contributed by atoms with van der Waals surface area (Å²) in [4.78, 5) is 21.7. The Morgan fingerprint density at radius 3 is 2.69 bits per heavy atom. The third kappa shape index (κ3) is 2.61. The quantitative estimate of drug-likeness (QED) is 0.410. The monoisotopic (exact) mass is 217 g/mol. The maximum absolute atomic E-state index is 10.9. The lowest BCUT2D eigenvalue weighted by atomic mass is 10.1. The molecule has 0 aliphatic carbocycles. The van der Waals surface area contributed by atoms with Crippen molar-refractivity contribution in [1.82, 2.24) is 0 Å². The number of rotatable bonds is 3. The van der Waals surface area contributed by atoms with E-state index in [4.69, 9.17) is 11.2 Å². The summed E-state index contributed by atoms with van der Waals surface area (Å²) < 4.78 is 4.84. The van der Waals surface area contributed by atoms with Crippen molar-refractivity contribution in [2.45, 2.75) is 13.3 Å². The summed E-state index contributed by atoms with van der Waals surface area (Å²) in [5, 5.41) is 10.8. The van der Waals surface area contributed by atoms with Crippen LogP contribution in [0.5, 0.6) is 5.75 Å². The van der Waals surface area contributed by atoms with Gasteiger partial charge in [0.25, 0.3) is 0 Å². The molecule has 0 bridgehead atoms. The number of esters is 1.